The maximum atomic E-state index is 3.54. The minimum Gasteiger partial charge on any atom is -0.316 e. The quantitative estimate of drug-likeness (QED) is 0.683. The molecule has 0 saturated carbocycles. The lowest BCUT2D eigenvalue weighted by atomic mass is 10.1. The number of nitrogens with zero attached hydrogens (tertiary/aromatic N) is 2. The standard InChI is InChI=1S/C16H35N3/c1-6-16-13-19(11-10-18(16)5)15(4)8-7-9-17-12-14(2)3/h14-17H,6-13H2,1-5H3. The molecule has 0 spiro atoms. The van der Waals surface area contributed by atoms with Crippen LogP contribution in [0.15, 0.2) is 0 Å². The molecule has 114 valence electrons. The second kappa shape index (κ2) is 8.93. The third-order valence-electron chi connectivity index (χ3n) is 4.43. The van der Waals surface area contributed by atoms with Gasteiger partial charge in [0.15, 0.2) is 0 Å². The van der Waals surface area contributed by atoms with Crippen LogP contribution in [0, 0.1) is 5.92 Å². The summed E-state index contributed by atoms with van der Waals surface area (Å²) in [6, 6.07) is 1.50. The van der Waals surface area contributed by atoms with Gasteiger partial charge in [-0.2, -0.15) is 0 Å². The second-order valence-corrected chi connectivity index (χ2v) is 6.63. The first-order chi connectivity index (χ1) is 9.04. The maximum absolute atomic E-state index is 3.54. The van der Waals surface area contributed by atoms with E-state index < -0.39 is 0 Å². The van der Waals surface area contributed by atoms with Crippen molar-refractivity contribution in [3.8, 4) is 0 Å². The maximum Gasteiger partial charge on any atom is 0.0218 e. The Kier molecular flexibility index (Phi) is 7.96. The summed E-state index contributed by atoms with van der Waals surface area (Å²) in [4.78, 5) is 5.21. The zero-order valence-electron chi connectivity index (χ0n) is 13.8. The molecule has 19 heavy (non-hydrogen) atoms. The summed E-state index contributed by atoms with van der Waals surface area (Å²) in [5.41, 5.74) is 0. The van der Waals surface area contributed by atoms with Gasteiger partial charge in [0.2, 0.25) is 0 Å². The fourth-order valence-electron chi connectivity index (χ4n) is 2.91. The van der Waals surface area contributed by atoms with Gasteiger partial charge in [-0.05, 0) is 52.2 Å². The third-order valence-corrected chi connectivity index (χ3v) is 4.43. The molecule has 1 aliphatic rings. The molecule has 0 amide bonds. The van der Waals surface area contributed by atoms with Crippen molar-refractivity contribution in [2.45, 2.75) is 59.0 Å². The third kappa shape index (κ3) is 6.24. The van der Waals surface area contributed by atoms with Crippen molar-refractivity contribution < 1.29 is 0 Å². The lowest BCUT2D eigenvalue weighted by Crippen LogP contribution is -2.53. The normalized spacial score (nSPS) is 24.0. The molecule has 2 atom stereocenters. The van der Waals surface area contributed by atoms with Gasteiger partial charge in [0.1, 0.15) is 0 Å². The summed E-state index contributed by atoms with van der Waals surface area (Å²) in [6.45, 7) is 15.3. The van der Waals surface area contributed by atoms with Gasteiger partial charge in [0, 0.05) is 31.7 Å². The molecule has 1 rings (SSSR count). The van der Waals surface area contributed by atoms with Crippen molar-refractivity contribution in [3.05, 3.63) is 0 Å². The Hall–Kier alpha value is -0.120. The van der Waals surface area contributed by atoms with E-state index in [1.165, 1.54) is 45.4 Å². The van der Waals surface area contributed by atoms with Crippen molar-refractivity contribution in [1.29, 1.82) is 0 Å². The van der Waals surface area contributed by atoms with Crippen LogP contribution in [0.25, 0.3) is 0 Å². The van der Waals surface area contributed by atoms with Gasteiger partial charge in [-0.3, -0.25) is 4.90 Å². The van der Waals surface area contributed by atoms with E-state index in [0.717, 1.165) is 24.5 Å². The summed E-state index contributed by atoms with van der Waals surface area (Å²) in [5, 5.41) is 3.54. The van der Waals surface area contributed by atoms with Crippen LogP contribution in [0.3, 0.4) is 0 Å². The van der Waals surface area contributed by atoms with E-state index in [9.17, 15) is 0 Å². The molecule has 0 aromatic heterocycles. The summed E-state index contributed by atoms with van der Waals surface area (Å²) in [7, 11) is 2.27. The Morgan fingerprint density at radius 2 is 1.95 bits per heavy atom. The molecule has 1 N–H and O–H groups in total. The molecule has 2 unspecified atom stereocenters. The number of hydrogen-bond donors (Lipinski definition) is 1. The van der Waals surface area contributed by atoms with Crippen molar-refractivity contribution in [1.82, 2.24) is 15.1 Å². The first-order valence-corrected chi connectivity index (χ1v) is 8.19. The van der Waals surface area contributed by atoms with Crippen LogP contribution in [0.2, 0.25) is 0 Å². The summed E-state index contributed by atoms with van der Waals surface area (Å²) < 4.78 is 0. The molecule has 1 heterocycles. The topological polar surface area (TPSA) is 18.5 Å². The lowest BCUT2D eigenvalue weighted by Gasteiger charge is -2.42. The van der Waals surface area contributed by atoms with E-state index in [0.29, 0.717) is 0 Å². The van der Waals surface area contributed by atoms with E-state index in [2.05, 4.69) is 49.9 Å². The fraction of sp³-hybridized carbons (Fsp3) is 1.00. The van der Waals surface area contributed by atoms with Crippen molar-refractivity contribution in [2.75, 3.05) is 39.8 Å². The number of nitrogens with one attached hydrogen (secondary N) is 1. The minimum atomic E-state index is 0.739. The van der Waals surface area contributed by atoms with E-state index in [1.807, 2.05) is 0 Å². The van der Waals surface area contributed by atoms with Crippen LogP contribution in [-0.4, -0.2) is 61.7 Å². The molecular formula is C16H35N3. The van der Waals surface area contributed by atoms with Gasteiger partial charge >= 0.3 is 0 Å². The van der Waals surface area contributed by atoms with E-state index >= 15 is 0 Å². The summed E-state index contributed by atoms with van der Waals surface area (Å²) in [5.74, 6) is 0.764. The molecule has 1 fully saturated rings. The smallest absolute Gasteiger partial charge is 0.0218 e. The molecule has 1 saturated heterocycles. The Morgan fingerprint density at radius 1 is 1.21 bits per heavy atom. The Balaban J connectivity index is 2.17. The van der Waals surface area contributed by atoms with Crippen LogP contribution >= 0.6 is 0 Å². The first kappa shape index (κ1) is 16.9. The highest BCUT2D eigenvalue weighted by Crippen LogP contribution is 2.15. The molecule has 3 heteroatoms. The van der Waals surface area contributed by atoms with Crippen LogP contribution in [0.5, 0.6) is 0 Å². The van der Waals surface area contributed by atoms with Crippen LogP contribution < -0.4 is 5.32 Å². The predicted octanol–water partition coefficient (Wildman–Crippen LogP) is 2.43. The zero-order valence-corrected chi connectivity index (χ0v) is 13.8. The molecule has 0 aromatic rings. The van der Waals surface area contributed by atoms with Gasteiger partial charge in [-0.25, -0.2) is 0 Å². The van der Waals surface area contributed by atoms with Crippen LogP contribution in [0.1, 0.15) is 47.0 Å². The zero-order chi connectivity index (χ0) is 14.3. The van der Waals surface area contributed by atoms with Gasteiger partial charge in [-0.15, -0.1) is 0 Å². The number of hydrogen-bond acceptors (Lipinski definition) is 3. The highest BCUT2D eigenvalue weighted by atomic mass is 15.3. The monoisotopic (exact) mass is 269 g/mol. The predicted molar refractivity (Wildman–Crippen MR) is 84.7 cm³/mol. The number of rotatable bonds is 8. The van der Waals surface area contributed by atoms with Gasteiger partial charge in [-0.1, -0.05) is 20.8 Å². The largest absolute Gasteiger partial charge is 0.316 e. The molecule has 0 aromatic carbocycles. The highest BCUT2D eigenvalue weighted by Gasteiger charge is 2.25. The number of piperazine rings is 1. The van der Waals surface area contributed by atoms with Gasteiger partial charge < -0.3 is 10.2 Å². The van der Waals surface area contributed by atoms with Gasteiger partial charge in [0.25, 0.3) is 0 Å². The second-order valence-electron chi connectivity index (χ2n) is 6.63. The van der Waals surface area contributed by atoms with Gasteiger partial charge in [0.05, 0.1) is 0 Å². The molecule has 1 aliphatic heterocycles. The minimum absolute atomic E-state index is 0.739. The average molecular weight is 269 g/mol. The Bertz CT molecular complexity index is 230. The lowest BCUT2D eigenvalue weighted by molar-refractivity contribution is 0.0644. The molecule has 0 radical (unpaired) electrons. The summed E-state index contributed by atoms with van der Waals surface area (Å²) >= 11 is 0. The highest BCUT2D eigenvalue weighted by molar-refractivity contribution is 4.82. The Morgan fingerprint density at radius 3 is 2.58 bits per heavy atom. The molecular weight excluding hydrogens is 234 g/mol. The molecule has 0 bridgehead atoms. The van der Waals surface area contributed by atoms with Crippen molar-refractivity contribution >= 4 is 0 Å². The molecule has 0 aliphatic carbocycles. The average Bonchev–Trinajstić information content (AvgIpc) is 2.38. The van der Waals surface area contributed by atoms with E-state index in [1.54, 1.807) is 0 Å². The van der Waals surface area contributed by atoms with Crippen molar-refractivity contribution in [3.63, 3.8) is 0 Å². The van der Waals surface area contributed by atoms with Crippen LogP contribution in [-0.2, 0) is 0 Å². The van der Waals surface area contributed by atoms with Crippen LogP contribution in [0.4, 0.5) is 0 Å². The fourth-order valence-corrected chi connectivity index (χ4v) is 2.91. The molecule has 3 nitrogen and oxygen atoms in total. The van der Waals surface area contributed by atoms with E-state index in [4.69, 9.17) is 0 Å². The SMILES string of the molecule is CCC1CN(C(C)CCCNCC(C)C)CCN1C. The van der Waals surface area contributed by atoms with Crippen molar-refractivity contribution in [2.24, 2.45) is 5.92 Å². The first-order valence-electron chi connectivity index (χ1n) is 8.19. The van der Waals surface area contributed by atoms with E-state index in [-0.39, 0.29) is 0 Å². The summed E-state index contributed by atoms with van der Waals surface area (Å²) in [6.07, 6.45) is 3.90. The number of likely N-dealkylation sites (N-methyl/N-ethyl adjacent to an activating group) is 1. The Labute approximate surface area is 120 Å².